The summed E-state index contributed by atoms with van der Waals surface area (Å²) in [5.74, 6) is 0. The Labute approximate surface area is 77.8 Å². The molecule has 0 unspecified atom stereocenters. The number of aromatic nitrogens is 2. The third kappa shape index (κ3) is 1.23. The van der Waals surface area contributed by atoms with Crippen molar-refractivity contribution < 1.29 is 5.11 Å². The predicted molar refractivity (Wildman–Crippen MR) is 48.8 cm³/mol. The molecule has 0 atom stereocenters. The van der Waals surface area contributed by atoms with E-state index in [9.17, 15) is 0 Å². The van der Waals surface area contributed by atoms with Crippen LogP contribution >= 0.6 is 15.9 Å². The molecule has 0 amide bonds. The van der Waals surface area contributed by atoms with Crippen LogP contribution in [0.3, 0.4) is 0 Å². The topological polar surface area (TPSA) is 37.5 Å². The maximum atomic E-state index is 8.86. The summed E-state index contributed by atoms with van der Waals surface area (Å²) < 4.78 is 2.67. The molecule has 2 aromatic heterocycles. The van der Waals surface area contributed by atoms with Gasteiger partial charge in [0.2, 0.25) is 0 Å². The highest BCUT2D eigenvalue weighted by molar-refractivity contribution is 9.10. The summed E-state index contributed by atoms with van der Waals surface area (Å²) in [5.41, 5.74) is 1.76. The van der Waals surface area contributed by atoms with Gasteiger partial charge in [0.05, 0.1) is 6.61 Å². The molecule has 4 heteroatoms. The van der Waals surface area contributed by atoms with E-state index in [1.54, 1.807) is 0 Å². The first-order chi connectivity index (χ1) is 5.79. The zero-order chi connectivity index (χ0) is 8.55. The van der Waals surface area contributed by atoms with Crippen LogP contribution in [0.4, 0.5) is 0 Å². The van der Waals surface area contributed by atoms with Crippen LogP contribution in [0.1, 0.15) is 5.56 Å². The lowest BCUT2D eigenvalue weighted by Crippen LogP contribution is -1.88. The molecular weight excluding hydrogens is 220 g/mol. The number of pyridine rings is 1. The SMILES string of the molecule is OCc1ccc2nc(Br)cn2c1. The first-order valence-electron chi connectivity index (χ1n) is 3.53. The van der Waals surface area contributed by atoms with Crippen LogP contribution in [0.2, 0.25) is 0 Å². The molecule has 3 nitrogen and oxygen atoms in total. The molecule has 2 heterocycles. The smallest absolute Gasteiger partial charge is 0.138 e. The lowest BCUT2D eigenvalue weighted by Gasteiger charge is -1.96. The molecule has 0 saturated carbocycles. The first kappa shape index (κ1) is 7.76. The van der Waals surface area contributed by atoms with E-state index < -0.39 is 0 Å². The van der Waals surface area contributed by atoms with Crippen LogP contribution in [0.25, 0.3) is 5.65 Å². The normalized spacial score (nSPS) is 10.8. The monoisotopic (exact) mass is 226 g/mol. The van der Waals surface area contributed by atoms with Gasteiger partial charge < -0.3 is 9.51 Å². The molecular formula is C8H7BrN2O. The van der Waals surface area contributed by atoms with Gasteiger partial charge in [0.1, 0.15) is 10.3 Å². The molecule has 0 spiro atoms. The minimum absolute atomic E-state index is 0.0612. The van der Waals surface area contributed by atoms with E-state index in [4.69, 9.17) is 5.11 Å². The molecule has 2 rings (SSSR count). The number of rotatable bonds is 1. The lowest BCUT2D eigenvalue weighted by atomic mass is 10.3. The summed E-state index contributed by atoms with van der Waals surface area (Å²) >= 11 is 3.28. The summed E-state index contributed by atoms with van der Waals surface area (Å²) in [6.45, 7) is 0.0612. The number of nitrogens with zero attached hydrogens (tertiary/aromatic N) is 2. The standard InChI is InChI=1S/C8H7BrN2O/c9-7-4-11-3-6(5-12)1-2-8(11)10-7/h1-4,12H,5H2. The number of hydrogen-bond donors (Lipinski definition) is 1. The van der Waals surface area contributed by atoms with Crippen LogP contribution in [0, 0.1) is 0 Å². The summed E-state index contributed by atoms with van der Waals surface area (Å²) in [7, 11) is 0. The number of imidazole rings is 1. The quantitative estimate of drug-likeness (QED) is 0.803. The molecule has 0 aliphatic rings. The van der Waals surface area contributed by atoms with Crippen molar-refractivity contribution in [2.45, 2.75) is 6.61 Å². The fourth-order valence-corrected chi connectivity index (χ4v) is 1.50. The molecule has 0 fully saturated rings. The lowest BCUT2D eigenvalue weighted by molar-refractivity contribution is 0.281. The Morgan fingerprint density at radius 3 is 3.00 bits per heavy atom. The van der Waals surface area contributed by atoms with E-state index in [1.165, 1.54) is 0 Å². The molecule has 62 valence electrons. The molecule has 1 N–H and O–H groups in total. The Balaban J connectivity index is 2.66. The van der Waals surface area contributed by atoms with Crippen molar-refractivity contribution in [3.05, 3.63) is 34.7 Å². The molecule has 0 aliphatic heterocycles. The van der Waals surface area contributed by atoms with Gasteiger partial charge in [-0.3, -0.25) is 0 Å². The van der Waals surface area contributed by atoms with Gasteiger partial charge in [0.15, 0.2) is 0 Å². The number of halogens is 1. The Morgan fingerprint density at radius 2 is 2.25 bits per heavy atom. The Bertz CT molecular complexity index is 410. The number of fused-ring (bicyclic) bond motifs is 1. The highest BCUT2D eigenvalue weighted by Gasteiger charge is 1.98. The van der Waals surface area contributed by atoms with Crippen LogP contribution in [0.15, 0.2) is 29.1 Å². The van der Waals surface area contributed by atoms with Crippen molar-refractivity contribution >= 4 is 21.6 Å². The maximum Gasteiger partial charge on any atom is 0.138 e. The van der Waals surface area contributed by atoms with Crippen LogP contribution < -0.4 is 0 Å². The van der Waals surface area contributed by atoms with Crippen molar-refractivity contribution in [3.8, 4) is 0 Å². The predicted octanol–water partition coefficient (Wildman–Crippen LogP) is 1.59. The second-order valence-corrected chi connectivity index (χ2v) is 3.34. The maximum absolute atomic E-state index is 8.86. The van der Waals surface area contributed by atoms with Gasteiger partial charge in [-0.25, -0.2) is 4.98 Å². The van der Waals surface area contributed by atoms with E-state index in [2.05, 4.69) is 20.9 Å². The molecule has 0 bridgehead atoms. The van der Waals surface area contributed by atoms with Crippen LogP contribution in [-0.2, 0) is 6.61 Å². The van der Waals surface area contributed by atoms with Gasteiger partial charge in [-0.05, 0) is 27.6 Å². The molecule has 0 aliphatic carbocycles. The van der Waals surface area contributed by atoms with Gasteiger partial charge >= 0.3 is 0 Å². The van der Waals surface area contributed by atoms with Gasteiger partial charge in [0, 0.05) is 12.4 Å². The largest absolute Gasteiger partial charge is 0.392 e. The van der Waals surface area contributed by atoms with Crippen LogP contribution in [0.5, 0.6) is 0 Å². The molecule has 12 heavy (non-hydrogen) atoms. The minimum Gasteiger partial charge on any atom is -0.392 e. The first-order valence-corrected chi connectivity index (χ1v) is 4.33. The molecule has 0 saturated heterocycles. The van der Waals surface area contributed by atoms with Crippen molar-refractivity contribution in [2.75, 3.05) is 0 Å². The van der Waals surface area contributed by atoms with Crippen molar-refractivity contribution in [3.63, 3.8) is 0 Å². The fraction of sp³-hybridized carbons (Fsp3) is 0.125. The summed E-state index contributed by atoms with van der Waals surface area (Å²) in [4.78, 5) is 4.19. The van der Waals surface area contributed by atoms with E-state index in [0.717, 1.165) is 15.8 Å². The molecule has 0 radical (unpaired) electrons. The van der Waals surface area contributed by atoms with Gasteiger partial charge in [0.25, 0.3) is 0 Å². The Hall–Kier alpha value is -0.870. The summed E-state index contributed by atoms with van der Waals surface area (Å²) in [6.07, 6.45) is 3.71. The Kier molecular flexibility index (Phi) is 1.86. The van der Waals surface area contributed by atoms with Gasteiger partial charge in [-0.2, -0.15) is 0 Å². The number of aliphatic hydroxyl groups excluding tert-OH is 1. The van der Waals surface area contributed by atoms with E-state index in [1.807, 2.05) is 28.9 Å². The van der Waals surface area contributed by atoms with E-state index in [0.29, 0.717) is 0 Å². The van der Waals surface area contributed by atoms with Crippen molar-refractivity contribution in [1.82, 2.24) is 9.38 Å². The second-order valence-electron chi connectivity index (χ2n) is 2.52. The van der Waals surface area contributed by atoms with E-state index in [-0.39, 0.29) is 6.61 Å². The average molecular weight is 227 g/mol. The zero-order valence-corrected chi connectivity index (χ0v) is 7.82. The highest BCUT2D eigenvalue weighted by Crippen LogP contribution is 2.11. The third-order valence-corrected chi connectivity index (χ3v) is 2.05. The highest BCUT2D eigenvalue weighted by atomic mass is 79.9. The van der Waals surface area contributed by atoms with Gasteiger partial charge in [-0.15, -0.1) is 0 Å². The van der Waals surface area contributed by atoms with Crippen LogP contribution in [-0.4, -0.2) is 14.5 Å². The molecule has 2 aromatic rings. The second kappa shape index (κ2) is 2.88. The van der Waals surface area contributed by atoms with Crippen molar-refractivity contribution in [2.24, 2.45) is 0 Å². The summed E-state index contributed by atoms with van der Waals surface area (Å²) in [6, 6.07) is 3.73. The average Bonchev–Trinajstić information content (AvgIpc) is 2.43. The molecule has 0 aromatic carbocycles. The van der Waals surface area contributed by atoms with Crippen molar-refractivity contribution in [1.29, 1.82) is 0 Å². The fourth-order valence-electron chi connectivity index (χ4n) is 1.10. The third-order valence-electron chi connectivity index (χ3n) is 1.67. The number of hydrogen-bond acceptors (Lipinski definition) is 2. The summed E-state index contributed by atoms with van der Waals surface area (Å²) in [5, 5.41) is 8.86. The van der Waals surface area contributed by atoms with E-state index >= 15 is 0 Å². The van der Waals surface area contributed by atoms with Gasteiger partial charge in [-0.1, -0.05) is 6.07 Å². The Morgan fingerprint density at radius 1 is 1.42 bits per heavy atom. The minimum atomic E-state index is 0.0612. The number of aliphatic hydroxyl groups is 1. The zero-order valence-electron chi connectivity index (χ0n) is 6.24.